The largest absolute Gasteiger partial charge is 0.450 e. The van der Waals surface area contributed by atoms with E-state index in [0.717, 1.165) is 40.3 Å². The molecule has 2 aromatic heterocycles. The Labute approximate surface area is 144 Å². The van der Waals surface area contributed by atoms with Crippen LogP contribution in [0.25, 0.3) is 11.0 Å². The van der Waals surface area contributed by atoms with Crippen LogP contribution < -0.4 is 4.90 Å². The van der Waals surface area contributed by atoms with Gasteiger partial charge in [0.1, 0.15) is 5.58 Å². The minimum Gasteiger partial charge on any atom is -0.450 e. The molecule has 0 atom stereocenters. The quantitative estimate of drug-likeness (QED) is 0.716. The lowest BCUT2D eigenvalue weighted by Gasteiger charge is -2.34. The molecule has 0 spiro atoms. The van der Waals surface area contributed by atoms with Gasteiger partial charge in [0, 0.05) is 48.7 Å². The summed E-state index contributed by atoms with van der Waals surface area (Å²) in [7, 11) is 0. The fourth-order valence-electron chi connectivity index (χ4n) is 3.20. The van der Waals surface area contributed by atoms with Crippen LogP contribution in [0.3, 0.4) is 0 Å². The van der Waals surface area contributed by atoms with Gasteiger partial charge in [-0.05, 0) is 19.4 Å². The van der Waals surface area contributed by atoms with Crippen LogP contribution in [-0.4, -0.2) is 42.0 Å². The highest BCUT2D eigenvalue weighted by Gasteiger charge is 2.27. The molecule has 0 N–H and O–H groups in total. The molecule has 1 saturated heterocycles. The van der Waals surface area contributed by atoms with Gasteiger partial charge in [0.2, 0.25) is 0 Å². The average molecular weight is 341 g/mol. The lowest BCUT2D eigenvalue weighted by Crippen LogP contribution is -2.48. The van der Waals surface area contributed by atoms with E-state index < -0.39 is 0 Å². The van der Waals surface area contributed by atoms with Gasteiger partial charge in [-0.1, -0.05) is 18.2 Å². The fraction of sp³-hybridized carbons (Fsp3) is 0.333. The van der Waals surface area contributed by atoms with Crippen LogP contribution in [0, 0.1) is 13.8 Å². The molecule has 4 rings (SSSR count). The third-order valence-corrected chi connectivity index (χ3v) is 5.44. The fourth-order valence-corrected chi connectivity index (χ4v) is 3.90. The summed E-state index contributed by atoms with van der Waals surface area (Å²) < 4.78 is 5.93. The van der Waals surface area contributed by atoms with Crippen molar-refractivity contribution in [3.8, 4) is 0 Å². The van der Waals surface area contributed by atoms with Crippen molar-refractivity contribution in [3.63, 3.8) is 0 Å². The summed E-state index contributed by atoms with van der Waals surface area (Å²) in [5.74, 6) is 0.462. The van der Waals surface area contributed by atoms with Gasteiger partial charge < -0.3 is 14.2 Å². The summed E-state index contributed by atoms with van der Waals surface area (Å²) in [5.41, 5.74) is 2.81. The van der Waals surface area contributed by atoms with E-state index in [0.29, 0.717) is 18.8 Å². The van der Waals surface area contributed by atoms with Gasteiger partial charge in [-0.25, -0.2) is 4.98 Å². The van der Waals surface area contributed by atoms with Gasteiger partial charge in [0.25, 0.3) is 5.91 Å². The van der Waals surface area contributed by atoms with Gasteiger partial charge in [-0.2, -0.15) is 0 Å². The predicted molar refractivity (Wildman–Crippen MR) is 95.9 cm³/mol. The van der Waals surface area contributed by atoms with E-state index >= 15 is 0 Å². The number of benzene rings is 1. The molecule has 1 fully saturated rings. The molecule has 0 bridgehead atoms. The summed E-state index contributed by atoms with van der Waals surface area (Å²) in [6, 6.07) is 6.02. The van der Waals surface area contributed by atoms with Crippen LogP contribution in [0.15, 0.2) is 34.2 Å². The molecule has 24 heavy (non-hydrogen) atoms. The second-order valence-corrected chi connectivity index (χ2v) is 6.97. The number of hydrogen-bond acceptors (Lipinski definition) is 5. The van der Waals surface area contributed by atoms with E-state index in [9.17, 15) is 4.79 Å². The molecule has 3 heterocycles. The number of hydrogen-bond donors (Lipinski definition) is 0. The van der Waals surface area contributed by atoms with E-state index in [-0.39, 0.29) is 5.91 Å². The zero-order chi connectivity index (χ0) is 16.7. The van der Waals surface area contributed by atoms with Crippen molar-refractivity contribution in [1.29, 1.82) is 0 Å². The Morgan fingerprint density at radius 1 is 1.21 bits per heavy atom. The first kappa shape index (κ1) is 15.2. The zero-order valence-electron chi connectivity index (χ0n) is 13.8. The molecule has 0 saturated carbocycles. The number of carbonyl (C=O) groups is 1. The normalized spacial score (nSPS) is 15.2. The molecule has 0 unspecified atom stereocenters. The Bertz CT molecular complexity index is 877. The van der Waals surface area contributed by atoms with E-state index in [1.54, 1.807) is 11.3 Å². The van der Waals surface area contributed by atoms with Crippen LogP contribution in [0.1, 0.15) is 21.7 Å². The number of aryl methyl sites for hydroxylation is 2. The highest BCUT2D eigenvalue weighted by atomic mass is 32.1. The molecule has 3 aromatic rings. The summed E-state index contributed by atoms with van der Waals surface area (Å²) >= 11 is 1.64. The van der Waals surface area contributed by atoms with Gasteiger partial charge >= 0.3 is 0 Å². The second-order valence-electron chi connectivity index (χ2n) is 6.10. The SMILES string of the molecule is Cc1c(C(=O)N2CCN(c3nccs3)CC2)oc2c(C)cccc12. The number of thiazole rings is 1. The minimum atomic E-state index is -0.0121. The number of furan rings is 1. The number of para-hydroxylation sites is 1. The Morgan fingerprint density at radius 2 is 2.00 bits per heavy atom. The molecular formula is C18H19N3O2S. The predicted octanol–water partition coefficient (Wildman–Crippen LogP) is 3.47. The van der Waals surface area contributed by atoms with Crippen molar-refractivity contribution in [2.24, 2.45) is 0 Å². The molecule has 0 radical (unpaired) electrons. The topological polar surface area (TPSA) is 49.6 Å². The molecule has 6 heteroatoms. The van der Waals surface area contributed by atoms with Gasteiger partial charge in [0.05, 0.1) is 0 Å². The van der Waals surface area contributed by atoms with Gasteiger partial charge in [-0.3, -0.25) is 4.79 Å². The van der Waals surface area contributed by atoms with Crippen LogP contribution in [0.2, 0.25) is 0 Å². The first-order chi connectivity index (χ1) is 11.6. The van der Waals surface area contributed by atoms with Crippen LogP contribution in [0.4, 0.5) is 5.13 Å². The average Bonchev–Trinajstić information content (AvgIpc) is 3.24. The van der Waals surface area contributed by atoms with Crippen molar-refractivity contribution in [3.05, 3.63) is 46.7 Å². The highest BCUT2D eigenvalue weighted by molar-refractivity contribution is 7.13. The summed E-state index contributed by atoms with van der Waals surface area (Å²) in [6.07, 6.45) is 1.82. The molecule has 0 aliphatic carbocycles. The number of aromatic nitrogens is 1. The van der Waals surface area contributed by atoms with Gasteiger partial charge in [0.15, 0.2) is 10.9 Å². The Balaban J connectivity index is 1.55. The van der Waals surface area contributed by atoms with Crippen LogP contribution in [-0.2, 0) is 0 Å². The smallest absolute Gasteiger partial charge is 0.290 e. The summed E-state index contributed by atoms with van der Waals surface area (Å²) in [6.45, 7) is 6.95. The molecule has 1 aliphatic rings. The first-order valence-electron chi connectivity index (χ1n) is 8.07. The van der Waals surface area contributed by atoms with E-state index in [4.69, 9.17) is 4.42 Å². The molecule has 124 valence electrons. The second kappa shape index (κ2) is 5.94. The maximum atomic E-state index is 12.9. The number of fused-ring (bicyclic) bond motifs is 1. The Kier molecular flexibility index (Phi) is 3.76. The Hall–Kier alpha value is -2.34. The zero-order valence-corrected chi connectivity index (χ0v) is 14.6. The van der Waals surface area contributed by atoms with E-state index in [1.165, 1.54) is 0 Å². The highest BCUT2D eigenvalue weighted by Crippen LogP contribution is 2.29. The minimum absolute atomic E-state index is 0.0121. The first-order valence-corrected chi connectivity index (χ1v) is 8.95. The molecule has 5 nitrogen and oxygen atoms in total. The van der Waals surface area contributed by atoms with Crippen molar-refractivity contribution in [1.82, 2.24) is 9.88 Å². The molecular weight excluding hydrogens is 322 g/mol. The standard InChI is InChI=1S/C18H19N3O2S/c1-12-4-3-5-14-13(2)16(23-15(12)14)17(22)20-7-9-21(10-8-20)18-19-6-11-24-18/h3-6,11H,7-10H2,1-2H3. The number of amides is 1. The molecule has 1 aromatic carbocycles. The molecule has 1 amide bonds. The maximum absolute atomic E-state index is 12.9. The number of rotatable bonds is 2. The number of anilines is 1. The summed E-state index contributed by atoms with van der Waals surface area (Å²) in [5, 5.41) is 4.03. The number of nitrogens with zero attached hydrogens (tertiary/aromatic N) is 3. The monoisotopic (exact) mass is 341 g/mol. The van der Waals surface area contributed by atoms with E-state index in [2.05, 4.69) is 9.88 Å². The third kappa shape index (κ3) is 2.47. The van der Waals surface area contributed by atoms with Crippen molar-refractivity contribution < 1.29 is 9.21 Å². The van der Waals surface area contributed by atoms with Gasteiger partial charge in [-0.15, -0.1) is 11.3 Å². The third-order valence-electron chi connectivity index (χ3n) is 4.61. The van der Waals surface area contributed by atoms with Crippen LogP contribution in [0.5, 0.6) is 0 Å². The van der Waals surface area contributed by atoms with E-state index in [1.807, 2.05) is 48.5 Å². The summed E-state index contributed by atoms with van der Waals surface area (Å²) in [4.78, 5) is 21.3. The van der Waals surface area contributed by atoms with Crippen molar-refractivity contribution in [2.45, 2.75) is 13.8 Å². The lowest BCUT2D eigenvalue weighted by molar-refractivity contribution is 0.0716. The number of carbonyl (C=O) groups excluding carboxylic acids is 1. The maximum Gasteiger partial charge on any atom is 0.290 e. The van der Waals surface area contributed by atoms with Crippen molar-refractivity contribution >= 4 is 33.3 Å². The molecule has 1 aliphatic heterocycles. The Morgan fingerprint density at radius 3 is 2.67 bits per heavy atom. The lowest BCUT2D eigenvalue weighted by atomic mass is 10.1. The van der Waals surface area contributed by atoms with Crippen molar-refractivity contribution in [2.75, 3.05) is 31.1 Å². The number of piperazine rings is 1. The van der Waals surface area contributed by atoms with Crippen LogP contribution >= 0.6 is 11.3 Å².